The number of rotatable bonds is 3. The maximum atomic E-state index is 9.74. The molecule has 0 aliphatic heterocycles. The summed E-state index contributed by atoms with van der Waals surface area (Å²) in [5.74, 6) is 2.82. The van der Waals surface area contributed by atoms with Crippen LogP contribution in [0.25, 0.3) is 0 Å². The van der Waals surface area contributed by atoms with Crippen LogP contribution < -0.4 is 4.74 Å². The molecule has 1 unspecified atom stereocenters. The van der Waals surface area contributed by atoms with E-state index in [2.05, 4.69) is 5.92 Å². The topological polar surface area (TPSA) is 49.7 Å². The Balaban J connectivity index is 3.03. The minimum absolute atomic E-state index is 0.475. The van der Waals surface area contributed by atoms with Crippen molar-refractivity contribution in [2.24, 2.45) is 0 Å². The molecule has 0 fully saturated rings. The molecule has 0 saturated carbocycles. The second-order valence-corrected chi connectivity index (χ2v) is 2.89. The standard InChI is InChI=1S/C11H12O3/c1-3-11(13,8-12)9-4-6-10(14-2)7-5-9/h1,4-7,12-13H,8H2,2H3. The number of methoxy groups -OCH3 is 1. The number of ether oxygens (including phenoxy) is 1. The van der Waals surface area contributed by atoms with Gasteiger partial charge in [-0.3, -0.25) is 0 Å². The van der Waals surface area contributed by atoms with Gasteiger partial charge < -0.3 is 14.9 Å². The van der Waals surface area contributed by atoms with Gasteiger partial charge in [0.1, 0.15) is 5.75 Å². The first kappa shape index (κ1) is 10.6. The average molecular weight is 192 g/mol. The maximum absolute atomic E-state index is 9.74. The summed E-state index contributed by atoms with van der Waals surface area (Å²) in [5, 5.41) is 18.7. The van der Waals surface area contributed by atoms with Crippen LogP contribution in [0.4, 0.5) is 0 Å². The van der Waals surface area contributed by atoms with Crippen LogP contribution in [0.1, 0.15) is 5.56 Å². The zero-order valence-electron chi connectivity index (χ0n) is 7.90. The highest BCUT2D eigenvalue weighted by atomic mass is 16.5. The summed E-state index contributed by atoms with van der Waals surface area (Å²) >= 11 is 0. The van der Waals surface area contributed by atoms with Crippen molar-refractivity contribution in [1.29, 1.82) is 0 Å². The lowest BCUT2D eigenvalue weighted by molar-refractivity contribution is 0.0330. The molecule has 0 heterocycles. The van der Waals surface area contributed by atoms with Gasteiger partial charge in [-0.15, -0.1) is 6.42 Å². The van der Waals surface area contributed by atoms with Crippen LogP contribution in [0, 0.1) is 12.3 Å². The van der Waals surface area contributed by atoms with Crippen molar-refractivity contribution in [3.05, 3.63) is 29.8 Å². The second kappa shape index (κ2) is 4.14. The van der Waals surface area contributed by atoms with E-state index in [0.717, 1.165) is 0 Å². The van der Waals surface area contributed by atoms with Crippen molar-refractivity contribution in [3.8, 4) is 18.1 Å². The number of aliphatic hydroxyl groups is 2. The third-order valence-electron chi connectivity index (χ3n) is 2.04. The van der Waals surface area contributed by atoms with E-state index in [9.17, 15) is 5.11 Å². The quantitative estimate of drug-likeness (QED) is 0.686. The van der Waals surface area contributed by atoms with Crippen LogP contribution in [-0.2, 0) is 5.60 Å². The van der Waals surface area contributed by atoms with E-state index in [1.54, 1.807) is 31.4 Å². The van der Waals surface area contributed by atoms with E-state index in [1.165, 1.54) is 0 Å². The maximum Gasteiger partial charge on any atom is 0.173 e. The summed E-state index contributed by atoms with van der Waals surface area (Å²) < 4.78 is 4.95. The van der Waals surface area contributed by atoms with E-state index in [0.29, 0.717) is 11.3 Å². The zero-order chi connectivity index (χ0) is 10.6. The molecule has 0 spiro atoms. The summed E-state index contributed by atoms with van der Waals surface area (Å²) in [7, 11) is 1.55. The molecule has 1 aromatic rings. The van der Waals surface area contributed by atoms with Gasteiger partial charge in [0.15, 0.2) is 5.60 Å². The highest BCUT2D eigenvalue weighted by molar-refractivity contribution is 5.35. The smallest absolute Gasteiger partial charge is 0.173 e. The molecular formula is C11H12O3. The van der Waals surface area contributed by atoms with E-state index in [4.69, 9.17) is 16.3 Å². The predicted molar refractivity (Wildman–Crippen MR) is 52.8 cm³/mol. The Labute approximate surface area is 83.0 Å². The number of hydrogen-bond donors (Lipinski definition) is 2. The van der Waals surface area contributed by atoms with Crippen molar-refractivity contribution < 1.29 is 14.9 Å². The second-order valence-electron chi connectivity index (χ2n) is 2.89. The number of aliphatic hydroxyl groups excluding tert-OH is 1. The SMILES string of the molecule is C#CC(O)(CO)c1ccc(OC)cc1. The minimum atomic E-state index is -1.60. The van der Waals surface area contributed by atoms with Gasteiger partial charge in [-0.25, -0.2) is 0 Å². The van der Waals surface area contributed by atoms with Gasteiger partial charge >= 0.3 is 0 Å². The van der Waals surface area contributed by atoms with E-state index in [1.807, 2.05) is 0 Å². The average Bonchev–Trinajstić information content (AvgIpc) is 2.28. The van der Waals surface area contributed by atoms with Crippen LogP contribution in [0.5, 0.6) is 5.75 Å². The van der Waals surface area contributed by atoms with Gasteiger partial charge in [0.25, 0.3) is 0 Å². The fraction of sp³-hybridized carbons (Fsp3) is 0.273. The fourth-order valence-corrected chi connectivity index (χ4v) is 1.09. The van der Waals surface area contributed by atoms with Gasteiger partial charge in [0, 0.05) is 0 Å². The van der Waals surface area contributed by atoms with Crippen LogP contribution in [0.3, 0.4) is 0 Å². The summed E-state index contributed by atoms with van der Waals surface area (Å²) in [4.78, 5) is 0. The monoisotopic (exact) mass is 192 g/mol. The Bertz CT molecular complexity index is 337. The third-order valence-corrected chi connectivity index (χ3v) is 2.04. The van der Waals surface area contributed by atoms with E-state index < -0.39 is 12.2 Å². The van der Waals surface area contributed by atoms with Crippen LogP contribution in [-0.4, -0.2) is 23.9 Å². The molecule has 0 aliphatic carbocycles. The molecule has 74 valence electrons. The van der Waals surface area contributed by atoms with Gasteiger partial charge in [-0.1, -0.05) is 18.1 Å². The van der Waals surface area contributed by atoms with Crippen LogP contribution in [0.15, 0.2) is 24.3 Å². The van der Waals surface area contributed by atoms with E-state index in [-0.39, 0.29) is 0 Å². The van der Waals surface area contributed by atoms with Gasteiger partial charge in [-0.2, -0.15) is 0 Å². The first-order valence-electron chi connectivity index (χ1n) is 4.12. The summed E-state index contributed by atoms with van der Waals surface area (Å²) in [6, 6.07) is 6.59. The molecule has 0 amide bonds. The Hall–Kier alpha value is -1.50. The van der Waals surface area contributed by atoms with E-state index >= 15 is 0 Å². The molecule has 14 heavy (non-hydrogen) atoms. The summed E-state index contributed by atoms with van der Waals surface area (Å²) in [6.07, 6.45) is 5.13. The highest BCUT2D eigenvalue weighted by Crippen LogP contribution is 2.22. The fourth-order valence-electron chi connectivity index (χ4n) is 1.09. The Morgan fingerprint density at radius 3 is 2.36 bits per heavy atom. The van der Waals surface area contributed by atoms with Crippen molar-refractivity contribution in [2.45, 2.75) is 5.60 Å². The molecule has 1 atom stereocenters. The van der Waals surface area contributed by atoms with Crippen molar-refractivity contribution in [3.63, 3.8) is 0 Å². The number of terminal acetylenes is 1. The molecule has 2 N–H and O–H groups in total. The molecule has 0 radical (unpaired) electrons. The first-order valence-corrected chi connectivity index (χ1v) is 4.12. The van der Waals surface area contributed by atoms with Gasteiger partial charge in [0.2, 0.25) is 0 Å². The van der Waals surface area contributed by atoms with Crippen molar-refractivity contribution >= 4 is 0 Å². The molecule has 1 aromatic carbocycles. The lowest BCUT2D eigenvalue weighted by Crippen LogP contribution is -2.27. The lowest BCUT2D eigenvalue weighted by atomic mass is 9.96. The number of benzene rings is 1. The lowest BCUT2D eigenvalue weighted by Gasteiger charge is -2.19. The van der Waals surface area contributed by atoms with Gasteiger partial charge in [-0.05, 0) is 17.7 Å². The normalized spacial score (nSPS) is 14.1. The third kappa shape index (κ3) is 1.87. The minimum Gasteiger partial charge on any atom is -0.497 e. The molecule has 0 saturated heterocycles. The zero-order valence-corrected chi connectivity index (χ0v) is 7.90. The predicted octanol–water partition coefficient (Wildman–Crippen LogP) is 0.508. The largest absolute Gasteiger partial charge is 0.497 e. The highest BCUT2D eigenvalue weighted by Gasteiger charge is 2.25. The van der Waals surface area contributed by atoms with Crippen LogP contribution >= 0.6 is 0 Å². The molecule has 1 rings (SSSR count). The van der Waals surface area contributed by atoms with Gasteiger partial charge in [0.05, 0.1) is 13.7 Å². The van der Waals surface area contributed by atoms with Crippen LogP contribution in [0.2, 0.25) is 0 Å². The molecular weight excluding hydrogens is 180 g/mol. The molecule has 3 nitrogen and oxygen atoms in total. The van der Waals surface area contributed by atoms with Crippen molar-refractivity contribution in [2.75, 3.05) is 13.7 Å². The molecule has 0 aromatic heterocycles. The summed E-state index contributed by atoms with van der Waals surface area (Å²) in [6.45, 7) is -0.504. The Morgan fingerprint density at radius 2 is 2.00 bits per heavy atom. The van der Waals surface area contributed by atoms with Crippen molar-refractivity contribution in [1.82, 2.24) is 0 Å². The molecule has 0 aliphatic rings. The first-order chi connectivity index (χ1) is 6.66. The molecule has 0 bridgehead atoms. The number of hydrogen-bond acceptors (Lipinski definition) is 3. The summed E-state index contributed by atoms with van der Waals surface area (Å²) in [5.41, 5.74) is -1.13. The Morgan fingerprint density at radius 1 is 1.43 bits per heavy atom. The Kier molecular flexibility index (Phi) is 3.13. The molecule has 3 heteroatoms.